The Morgan fingerprint density at radius 1 is 1.15 bits per heavy atom. The van der Waals surface area contributed by atoms with Crippen LogP contribution in [0.4, 0.5) is 13.2 Å². The fourth-order valence-electron chi connectivity index (χ4n) is 1.02. The first kappa shape index (κ1) is 10.8. The van der Waals surface area contributed by atoms with Crippen LogP contribution in [0.5, 0.6) is 0 Å². The summed E-state index contributed by atoms with van der Waals surface area (Å²) in [4.78, 5) is 0. The fraction of sp³-hybridized carbons (Fsp3) is 1.00. The van der Waals surface area contributed by atoms with Crippen molar-refractivity contribution in [2.75, 3.05) is 6.61 Å². The normalized spacial score (nSPS) is 21.7. The maximum Gasteiger partial charge on any atom is 0.396 e. The third-order valence-corrected chi connectivity index (χ3v) is 2.24. The lowest BCUT2D eigenvalue weighted by molar-refractivity contribution is -0.210. The van der Waals surface area contributed by atoms with Gasteiger partial charge in [-0.3, -0.25) is 0 Å². The van der Waals surface area contributed by atoms with Gasteiger partial charge in [-0.1, -0.05) is 0 Å². The van der Waals surface area contributed by atoms with Gasteiger partial charge in [-0.2, -0.15) is 13.2 Å². The minimum Gasteiger partial charge on any atom is -0.375 e. The number of halogens is 3. The molecular weight excluding hydrogens is 181 g/mol. The Kier molecular flexibility index (Phi) is 2.39. The van der Waals surface area contributed by atoms with Crippen LogP contribution in [0.2, 0.25) is 0 Å². The molecule has 4 heteroatoms. The summed E-state index contributed by atoms with van der Waals surface area (Å²) >= 11 is 0. The van der Waals surface area contributed by atoms with Gasteiger partial charge in [0.2, 0.25) is 0 Å². The van der Waals surface area contributed by atoms with E-state index in [9.17, 15) is 13.2 Å². The van der Waals surface area contributed by atoms with Gasteiger partial charge in [0.1, 0.15) is 0 Å². The highest BCUT2D eigenvalue weighted by molar-refractivity contribution is 4.99. The van der Waals surface area contributed by atoms with Crippen LogP contribution in [0.15, 0.2) is 0 Å². The van der Waals surface area contributed by atoms with E-state index in [2.05, 4.69) is 0 Å². The summed E-state index contributed by atoms with van der Waals surface area (Å²) in [7, 11) is 0. The van der Waals surface area contributed by atoms with Crippen molar-refractivity contribution in [3.05, 3.63) is 0 Å². The van der Waals surface area contributed by atoms with E-state index in [0.717, 1.165) is 0 Å². The van der Waals surface area contributed by atoms with Gasteiger partial charge in [-0.15, -0.1) is 0 Å². The maximum atomic E-state index is 12.4. The van der Waals surface area contributed by atoms with Crippen LogP contribution in [0.3, 0.4) is 0 Å². The second-order valence-electron chi connectivity index (χ2n) is 4.68. The average molecular weight is 196 g/mol. The molecule has 13 heavy (non-hydrogen) atoms. The Labute approximate surface area is 76.3 Å². The zero-order chi connectivity index (χ0) is 10.3. The first-order valence-electron chi connectivity index (χ1n) is 4.37. The molecule has 1 aliphatic rings. The molecule has 0 aromatic carbocycles. The highest BCUT2D eigenvalue weighted by atomic mass is 19.4. The Morgan fingerprint density at radius 3 is 1.85 bits per heavy atom. The van der Waals surface area contributed by atoms with E-state index in [1.54, 1.807) is 20.8 Å². The second kappa shape index (κ2) is 2.87. The maximum absolute atomic E-state index is 12.4. The van der Waals surface area contributed by atoms with Gasteiger partial charge in [0.05, 0.1) is 17.6 Å². The van der Waals surface area contributed by atoms with Crippen molar-refractivity contribution in [1.82, 2.24) is 0 Å². The molecule has 0 saturated heterocycles. The van der Waals surface area contributed by atoms with Crippen LogP contribution >= 0.6 is 0 Å². The molecule has 0 bridgehead atoms. The van der Waals surface area contributed by atoms with Crippen LogP contribution in [0.1, 0.15) is 33.6 Å². The zero-order valence-corrected chi connectivity index (χ0v) is 8.16. The minimum absolute atomic E-state index is 0.194. The first-order chi connectivity index (χ1) is 5.66. The van der Waals surface area contributed by atoms with E-state index < -0.39 is 17.2 Å². The Bertz CT molecular complexity index is 186. The number of ether oxygens (including phenoxy) is 1. The van der Waals surface area contributed by atoms with E-state index in [4.69, 9.17) is 4.74 Å². The van der Waals surface area contributed by atoms with Crippen molar-refractivity contribution in [3.8, 4) is 0 Å². The van der Waals surface area contributed by atoms with Crippen molar-refractivity contribution in [3.63, 3.8) is 0 Å². The SMILES string of the molecule is CC(C)(C)OCC1(C(F)(F)F)CC1. The minimum atomic E-state index is -4.10. The molecule has 0 radical (unpaired) electrons. The summed E-state index contributed by atoms with van der Waals surface area (Å²) in [6.07, 6.45) is -3.67. The first-order valence-corrected chi connectivity index (χ1v) is 4.37. The summed E-state index contributed by atoms with van der Waals surface area (Å²) in [5, 5.41) is 0. The number of hydrogen-bond donors (Lipinski definition) is 0. The van der Waals surface area contributed by atoms with Crippen LogP contribution in [-0.4, -0.2) is 18.4 Å². The fourth-order valence-corrected chi connectivity index (χ4v) is 1.02. The zero-order valence-electron chi connectivity index (χ0n) is 8.16. The van der Waals surface area contributed by atoms with E-state index in [1.165, 1.54) is 0 Å². The predicted molar refractivity (Wildman–Crippen MR) is 43.4 cm³/mol. The van der Waals surface area contributed by atoms with E-state index in [-0.39, 0.29) is 19.4 Å². The molecule has 1 fully saturated rings. The molecule has 0 spiro atoms. The lowest BCUT2D eigenvalue weighted by Crippen LogP contribution is -2.33. The van der Waals surface area contributed by atoms with Gasteiger partial charge in [0.25, 0.3) is 0 Å². The van der Waals surface area contributed by atoms with Crippen molar-refractivity contribution < 1.29 is 17.9 Å². The molecule has 1 aliphatic carbocycles. The lowest BCUT2D eigenvalue weighted by Gasteiger charge is -2.25. The van der Waals surface area contributed by atoms with Crippen molar-refractivity contribution in [2.45, 2.75) is 45.4 Å². The van der Waals surface area contributed by atoms with Crippen molar-refractivity contribution in [2.24, 2.45) is 5.41 Å². The lowest BCUT2D eigenvalue weighted by atomic mass is 10.1. The molecule has 0 aliphatic heterocycles. The van der Waals surface area contributed by atoms with E-state index >= 15 is 0 Å². The van der Waals surface area contributed by atoms with Crippen LogP contribution < -0.4 is 0 Å². The Balaban J connectivity index is 2.46. The van der Waals surface area contributed by atoms with Gasteiger partial charge in [-0.25, -0.2) is 0 Å². The van der Waals surface area contributed by atoms with Gasteiger partial charge in [-0.05, 0) is 33.6 Å². The monoisotopic (exact) mass is 196 g/mol. The topological polar surface area (TPSA) is 9.23 Å². The van der Waals surface area contributed by atoms with E-state index in [1.807, 2.05) is 0 Å². The average Bonchev–Trinajstić information content (AvgIpc) is 2.58. The third kappa shape index (κ3) is 2.59. The highest BCUT2D eigenvalue weighted by Gasteiger charge is 2.63. The summed E-state index contributed by atoms with van der Waals surface area (Å²) in [5.41, 5.74) is -2.01. The number of alkyl halides is 3. The molecule has 0 N–H and O–H groups in total. The summed E-state index contributed by atoms with van der Waals surface area (Å²) in [6, 6.07) is 0. The van der Waals surface area contributed by atoms with Gasteiger partial charge in [0, 0.05) is 0 Å². The van der Waals surface area contributed by atoms with Gasteiger partial charge < -0.3 is 4.74 Å². The number of hydrogen-bond acceptors (Lipinski definition) is 1. The molecule has 0 unspecified atom stereocenters. The Morgan fingerprint density at radius 2 is 1.62 bits per heavy atom. The summed E-state index contributed by atoms with van der Waals surface area (Å²) in [5.74, 6) is 0. The van der Waals surface area contributed by atoms with Crippen molar-refractivity contribution >= 4 is 0 Å². The highest BCUT2D eigenvalue weighted by Crippen LogP contribution is 2.57. The van der Waals surface area contributed by atoms with E-state index in [0.29, 0.717) is 0 Å². The third-order valence-electron chi connectivity index (χ3n) is 2.24. The molecule has 0 amide bonds. The molecular formula is C9H15F3O. The molecule has 0 atom stereocenters. The molecule has 0 aromatic heterocycles. The molecule has 78 valence electrons. The van der Waals surface area contributed by atoms with Crippen LogP contribution in [0, 0.1) is 5.41 Å². The summed E-state index contributed by atoms with van der Waals surface area (Å²) < 4.78 is 42.3. The quantitative estimate of drug-likeness (QED) is 0.659. The molecule has 1 rings (SSSR count). The van der Waals surface area contributed by atoms with Gasteiger partial charge in [0.15, 0.2) is 0 Å². The number of rotatable bonds is 2. The van der Waals surface area contributed by atoms with Gasteiger partial charge >= 0.3 is 6.18 Å². The predicted octanol–water partition coefficient (Wildman–Crippen LogP) is 3.14. The van der Waals surface area contributed by atoms with Crippen LogP contribution in [0.25, 0.3) is 0 Å². The molecule has 0 aromatic rings. The molecule has 0 heterocycles. The second-order valence-corrected chi connectivity index (χ2v) is 4.68. The standard InChI is InChI=1S/C9H15F3O/c1-7(2,3)13-6-8(4-5-8)9(10,11)12/h4-6H2,1-3H3. The van der Waals surface area contributed by atoms with Crippen LogP contribution in [-0.2, 0) is 4.74 Å². The Hall–Kier alpha value is -0.250. The van der Waals surface area contributed by atoms with Crippen molar-refractivity contribution in [1.29, 1.82) is 0 Å². The summed E-state index contributed by atoms with van der Waals surface area (Å²) in [6.45, 7) is 5.10. The smallest absolute Gasteiger partial charge is 0.375 e. The largest absolute Gasteiger partial charge is 0.396 e. The molecule has 1 saturated carbocycles. The molecule has 1 nitrogen and oxygen atoms in total.